The first kappa shape index (κ1) is 11.5. The Balaban J connectivity index is 1.49. The van der Waals surface area contributed by atoms with Crippen LogP contribution in [0, 0.1) is 11.8 Å². The van der Waals surface area contributed by atoms with Crippen LogP contribution in [0.3, 0.4) is 0 Å². The van der Waals surface area contributed by atoms with Crippen molar-refractivity contribution in [2.45, 2.75) is 25.7 Å². The predicted molar refractivity (Wildman–Crippen MR) is 77.5 cm³/mol. The van der Waals surface area contributed by atoms with Gasteiger partial charge in [0.15, 0.2) is 0 Å². The monoisotopic (exact) mass is 274 g/mol. The number of thiophene rings is 1. The molecule has 1 amide bonds. The predicted octanol–water partition coefficient (Wildman–Crippen LogP) is 3.49. The Morgan fingerprint density at radius 1 is 1.32 bits per heavy atom. The molecule has 0 spiro atoms. The summed E-state index contributed by atoms with van der Waals surface area (Å²) in [6, 6.07) is 4.04. The van der Waals surface area contributed by atoms with Gasteiger partial charge in [0.25, 0.3) is 5.91 Å². The van der Waals surface area contributed by atoms with E-state index in [0.29, 0.717) is 0 Å². The van der Waals surface area contributed by atoms with E-state index in [-0.39, 0.29) is 5.91 Å². The van der Waals surface area contributed by atoms with Crippen molar-refractivity contribution in [2.24, 2.45) is 11.8 Å². The normalized spacial score (nSPS) is 24.0. The number of amides is 1. The fourth-order valence-electron chi connectivity index (χ4n) is 3.40. The van der Waals surface area contributed by atoms with Crippen LogP contribution >= 0.6 is 11.3 Å². The van der Waals surface area contributed by atoms with E-state index in [1.807, 2.05) is 17.0 Å². The summed E-state index contributed by atoms with van der Waals surface area (Å²) in [5, 5.41) is 2.05. The van der Waals surface area contributed by atoms with E-state index in [1.54, 1.807) is 11.3 Å². The molecule has 0 aromatic carbocycles. The van der Waals surface area contributed by atoms with Gasteiger partial charge in [-0.25, -0.2) is 0 Å². The van der Waals surface area contributed by atoms with Crippen molar-refractivity contribution in [3.05, 3.63) is 23.2 Å². The Hall–Kier alpha value is -1.29. The third-order valence-electron chi connectivity index (χ3n) is 4.80. The van der Waals surface area contributed by atoms with Gasteiger partial charge in [-0.15, -0.1) is 11.3 Å². The largest absolute Gasteiger partial charge is 0.350 e. The highest BCUT2D eigenvalue weighted by Gasteiger charge is 2.35. The standard InChI is InChI=1S/C15H18N2OS/c18-15(13-8-14-12(16-13)5-7-19-14)17-6-4-11(9-17)10-2-1-3-10/h5,7-8,10-11,16H,1-4,6,9H2. The van der Waals surface area contributed by atoms with Gasteiger partial charge in [0.05, 0.1) is 10.2 Å². The molecule has 2 aliphatic rings. The first-order valence-electron chi connectivity index (χ1n) is 7.17. The first-order chi connectivity index (χ1) is 9.31. The third kappa shape index (κ3) is 1.89. The Labute approximate surface area is 116 Å². The summed E-state index contributed by atoms with van der Waals surface area (Å²) < 4.78 is 1.18. The first-order valence-corrected chi connectivity index (χ1v) is 8.05. The molecule has 1 N–H and O–H groups in total. The minimum Gasteiger partial charge on any atom is -0.350 e. The van der Waals surface area contributed by atoms with Crippen LogP contribution in [0.2, 0.25) is 0 Å². The maximum atomic E-state index is 12.5. The number of rotatable bonds is 2. The molecule has 100 valence electrons. The molecular weight excluding hydrogens is 256 g/mol. The van der Waals surface area contributed by atoms with Gasteiger partial charge in [-0.1, -0.05) is 19.3 Å². The minimum absolute atomic E-state index is 0.185. The summed E-state index contributed by atoms with van der Waals surface area (Å²) >= 11 is 1.68. The van der Waals surface area contributed by atoms with Gasteiger partial charge in [-0.3, -0.25) is 4.79 Å². The van der Waals surface area contributed by atoms with Crippen LogP contribution in [0.25, 0.3) is 10.2 Å². The summed E-state index contributed by atoms with van der Waals surface area (Å²) in [6.45, 7) is 1.91. The van der Waals surface area contributed by atoms with Gasteiger partial charge >= 0.3 is 0 Å². The van der Waals surface area contributed by atoms with Crippen LogP contribution < -0.4 is 0 Å². The number of likely N-dealkylation sites (tertiary alicyclic amines) is 1. The number of carbonyl (C=O) groups is 1. The van der Waals surface area contributed by atoms with Crippen molar-refractivity contribution >= 4 is 27.5 Å². The Morgan fingerprint density at radius 2 is 2.21 bits per heavy atom. The van der Waals surface area contributed by atoms with Gasteiger partial charge in [-0.2, -0.15) is 0 Å². The van der Waals surface area contributed by atoms with E-state index < -0.39 is 0 Å². The zero-order chi connectivity index (χ0) is 12.8. The SMILES string of the molecule is O=C(c1cc2sccc2[nH]1)N1CCC(C2CCC2)C1. The van der Waals surface area contributed by atoms with E-state index in [0.717, 1.165) is 36.1 Å². The molecule has 1 aliphatic carbocycles. The lowest BCUT2D eigenvalue weighted by atomic mass is 9.75. The third-order valence-corrected chi connectivity index (χ3v) is 5.66. The molecule has 1 aliphatic heterocycles. The summed E-state index contributed by atoms with van der Waals surface area (Å²) in [6.07, 6.45) is 5.35. The van der Waals surface area contributed by atoms with Gasteiger partial charge in [0.1, 0.15) is 5.69 Å². The van der Waals surface area contributed by atoms with Crippen molar-refractivity contribution < 1.29 is 4.79 Å². The van der Waals surface area contributed by atoms with Crippen molar-refractivity contribution in [2.75, 3.05) is 13.1 Å². The molecule has 3 heterocycles. The van der Waals surface area contributed by atoms with Gasteiger partial charge in [0, 0.05) is 13.1 Å². The molecule has 4 heteroatoms. The van der Waals surface area contributed by atoms with Crippen molar-refractivity contribution in [3.8, 4) is 0 Å². The number of aromatic amines is 1. The van der Waals surface area contributed by atoms with Crippen LogP contribution in [0.4, 0.5) is 0 Å². The zero-order valence-electron chi connectivity index (χ0n) is 10.9. The summed E-state index contributed by atoms with van der Waals surface area (Å²) in [5.41, 5.74) is 1.85. The van der Waals surface area contributed by atoms with E-state index in [1.165, 1.54) is 30.4 Å². The number of fused-ring (bicyclic) bond motifs is 1. The second-order valence-corrected chi connectivity index (χ2v) is 6.82. The van der Waals surface area contributed by atoms with E-state index in [4.69, 9.17) is 0 Å². The number of H-pyrrole nitrogens is 1. The average molecular weight is 274 g/mol. The molecule has 2 aromatic rings. The Kier molecular flexibility index (Phi) is 2.65. The fourth-order valence-corrected chi connectivity index (χ4v) is 4.18. The highest BCUT2D eigenvalue weighted by Crippen LogP contribution is 2.38. The molecule has 19 heavy (non-hydrogen) atoms. The number of hydrogen-bond donors (Lipinski definition) is 1. The van der Waals surface area contributed by atoms with Gasteiger partial charge < -0.3 is 9.88 Å². The molecule has 1 saturated carbocycles. The van der Waals surface area contributed by atoms with Gasteiger partial charge in [-0.05, 0) is 35.8 Å². The Morgan fingerprint density at radius 3 is 2.95 bits per heavy atom. The highest BCUT2D eigenvalue weighted by atomic mass is 32.1. The van der Waals surface area contributed by atoms with E-state index >= 15 is 0 Å². The lowest BCUT2D eigenvalue weighted by molar-refractivity contribution is 0.0771. The maximum Gasteiger partial charge on any atom is 0.270 e. The molecule has 4 rings (SSSR count). The fraction of sp³-hybridized carbons (Fsp3) is 0.533. The van der Waals surface area contributed by atoms with Crippen LogP contribution in [0.15, 0.2) is 17.5 Å². The number of carbonyl (C=O) groups excluding carboxylic acids is 1. The molecule has 1 atom stereocenters. The average Bonchev–Trinajstić information content (AvgIpc) is 2.99. The highest BCUT2D eigenvalue weighted by molar-refractivity contribution is 7.17. The molecular formula is C15H18N2OS. The smallest absolute Gasteiger partial charge is 0.270 e. The number of hydrogen-bond acceptors (Lipinski definition) is 2. The minimum atomic E-state index is 0.185. The zero-order valence-corrected chi connectivity index (χ0v) is 11.7. The number of nitrogens with one attached hydrogen (secondary N) is 1. The van der Waals surface area contributed by atoms with Crippen LogP contribution in [0.5, 0.6) is 0 Å². The molecule has 1 unspecified atom stereocenters. The second kappa shape index (κ2) is 4.37. The van der Waals surface area contributed by atoms with E-state index in [9.17, 15) is 4.79 Å². The molecule has 1 saturated heterocycles. The molecule has 0 radical (unpaired) electrons. The van der Waals surface area contributed by atoms with Crippen LogP contribution in [-0.4, -0.2) is 28.9 Å². The van der Waals surface area contributed by atoms with Crippen LogP contribution in [-0.2, 0) is 0 Å². The molecule has 0 bridgehead atoms. The summed E-state index contributed by atoms with van der Waals surface area (Å²) in [7, 11) is 0. The molecule has 2 fully saturated rings. The van der Waals surface area contributed by atoms with Crippen LogP contribution in [0.1, 0.15) is 36.2 Å². The topological polar surface area (TPSA) is 36.1 Å². The quantitative estimate of drug-likeness (QED) is 0.894. The van der Waals surface area contributed by atoms with Crippen molar-refractivity contribution in [1.29, 1.82) is 0 Å². The molecule has 3 nitrogen and oxygen atoms in total. The van der Waals surface area contributed by atoms with Crippen molar-refractivity contribution in [3.63, 3.8) is 0 Å². The lowest BCUT2D eigenvalue weighted by Gasteiger charge is -2.31. The summed E-state index contributed by atoms with van der Waals surface area (Å²) in [4.78, 5) is 17.8. The number of nitrogens with zero attached hydrogens (tertiary/aromatic N) is 1. The maximum absolute atomic E-state index is 12.5. The second-order valence-electron chi connectivity index (χ2n) is 5.87. The van der Waals surface area contributed by atoms with E-state index in [2.05, 4.69) is 10.4 Å². The summed E-state index contributed by atoms with van der Waals surface area (Å²) in [5.74, 6) is 1.84. The van der Waals surface area contributed by atoms with Gasteiger partial charge in [0.2, 0.25) is 0 Å². The Bertz CT molecular complexity index is 582. The molecule has 2 aromatic heterocycles. The van der Waals surface area contributed by atoms with Crippen molar-refractivity contribution in [1.82, 2.24) is 9.88 Å². The lowest BCUT2D eigenvalue weighted by Crippen LogP contribution is -2.31. The number of aromatic nitrogens is 1.